The van der Waals surface area contributed by atoms with E-state index in [4.69, 9.17) is 5.73 Å². The number of rotatable bonds is 2. The molecule has 2 nitrogen and oxygen atoms in total. The van der Waals surface area contributed by atoms with E-state index in [1.807, 2.05) is 41.9 Å². The van der Waals surface area contributed by atoms with Gasteiger partial charge in [0.05, 0.1) is 0 Å². The zero-order chi connectivity index (χ0) is 11.5. The average molecular weight is 232 g/mol. The summed E-state index contributed by atoms with van der Waals surface area (Å²) in [6.07, 6.45) is 0. The molecule has 0 amide bonds. The third-order valence-electron chi connectivity index (χ3n) is 2.76. The van der Waals surface area contributed by atoms with Crippen molar-refractivity contribution in [3.05, 3.63) is 53.9 Å². The van der Waals surface area contributed by atoms with Crippen molar-refractivity contribution < 1.29 is 0 Å². The van der Waals surface area contributed by atoms with Crippen LogP contribution in [0.25, 0.3) is 0 Å². The molecule has 0 aromatic heterocycles. The van der Waals surface area contributed by atoms with Crippen molar-refractivity contribution in [2.45, 2.75) is 0 Å². The molecule has 16 heavy (non-hydrogen) atoms. The van der Waals surface area contributed by atoms with E-state index < -0.39 is 0 Å². The predicted octanol–water partition coefficient (Wildman–Crippen LogP) is 2.60. The van der Waals surface area contributed by atoms with Crippen LogP contribution in [0.2, 0.25) is 0 Å². The van der Waals surface area contributed by atoms with Gasteiger partial charge in [-0.1, -0.05) is 24.8 Å². The highest BCUT2D eigenvalue weighted by atomic mass is 32.2. The van der Waals surface area contributed by atoms with Crippen LogP contribution in [0.5, 0.6) is 0 Å². The second kappa shape index (κ2) is 4.66. The Morgan fingerprint density at radius 1 is 1.31 bits per heavy atom. The molecule has 0 saturated carbocycles. The fourth-order valence-electron chi connectivity index (χ4n) is 1.71. The molecule has 0 aliphatic carbocycles. The van der Waals surface area contributed by atoms with Crippen molar-refractivity contribution in [3.63, 3.8) is 0 Å². The maximum Gasteiger partial charge on any atom is 0.107 e. The van der Waals surface area contributed by atoms with Gasteiger partial charge < -0.3 is 10.6 Å². The highest BCUT2D eigenvalue weighted by Gasteiger charge is 2.17. The minimum Gasteiger partial charge on any atom is -0.385 e. The lowest BCUT2D eigenvalue weighted by molar-refractivity contribution is 1.03. The van der Waals surface area contributed by atoms with Gasteiger partial charge in [0.25, 0.3) is 0 Å². The fourth-order valence-corrected chi connectivity index (χ4v) is 2.79. The molecule has 1 aromatic rings. The van der Waals surface area contributed by atoms with E-state index in [0.29, 0.717) is 0 Å². The molecule has 84 valence electrons. The largest absolute Gasteiger partial charge is 0.385 e. The molecule has 3 heteroatoms. The monoisotopic (exact) mass is 232 g/mol. The van der Waals surface area contributed by atoms with Crippen LogP contribution >= 0.6 is 11.8 Å². The summed E-state index contributed by atoms with van der Waals surface area (Å²) < 4.78 is 0. The van der Waals surface area contributed by atoms with Gasteiger partial charge in [0.15, 0.2) is 0 Å². The summed E-state index contributed by atoms with van der Waals surface area (Å²) in [4.78, 5) is 2.02. The van der Waals surface area contributed by atoms with E-state index in [-0.39, 0.29) is 0 Å². The minimum atomic E-state index is 0.821. The first-order valence-corrected chi connectivity index (χ1v) is 6.39. The van der Waals surface area contributed by atoms with Crippen LogP contribution in [0.15, 0.2) is 53.9 Å². The van der Waals surface area contributed by atoms with Crippen molar-refractivity contribution in [2.75, 3.05) is 23.5 Å². The van der Waals surface area contributed by atoms with Crippen LogP contribution < -0.4 is 10.6 Å². The first-order valence-electron chi connectivity index (χ1n) is 5.23. The van der Waals surface area contributed by atoms with E-state index in [0.717, 1.165) is 28.6 Å². The molecule has 1 fully saturated rings. The van der Waals surface area contributed by atoms with Gasteiger partial charge in [-0.25, -0.2) is 0 Å². The summed E-state index contributed by atoms with van der Waals surface area (Å²) in [7, 11) is 1.99. The Kier molecular flexibility index (Phi) is 3.25. The van der Waals surface area contributed by atoms with Crippen LogP contribution in [0.1, 0.15) is 0 Å². The zero-order valence-corrected chi connectivity index (χ0v) is 10.3. The molecule has 1 saturated heterocycles. The van der Waals surface area contributed by atoms with Gasteiger partial charge in [0, 0.05) is 29.8 Å². The van der Waals surface area contributed by atoms with E-state index in [1.165, 1.54) is 5.57 Å². The van der Waals surface area contributed by atoms with Gasteiger partial charge in [-0.05, 0) is 17.7 Å². The molecule has 1 heterocycles. The summed E-state index contributed by atoms with van der Waals surface area (Å²) in [5.41, 5.74) is 9.63. The third kappa shape index (κ3) is 2.09. The Hall–Kier alpha value is -1.35. The Labute approximate surface area is 101 Å². The summed E-state index contributed by atoms with van der Waals surface area (Å²) in [6.45, 7) is 4.05. The number of thioether (sulfide) groups is 1. The minimum absolute atomic E-state index is 0.821. The van der Waals surface area contributed by atoms with E-state index in [1.54, 1.807) is 0 Å². The first-order chi connectivity index (χ1) is 7.70. The molecular weight excluding hydrogens is 216 g/mol. The molecule has 1 aliphatic heterocycles. The molecule has 0 bridgehead atoms. The summed E-state index contributed by atoms with van der Waals surface area (Å²) in [6, 6.07) is 10.1. The van der Waals surface area contributed by atoms with Crippen LogP contribution in [-0.2, 0) is 0 Å². The van der Waals surface area contributed by atoms with Crippen molar-refractivity contribution in [1.82, 2.24) is 0 Å². The van der Waals surface area contributed by atoms with E-state index in [2.05, 4.69) is 18.7 Å². The Balaban J connectivity index is 2.29. The van der Waals surface area contributed by atoms with Crippen molar-refractivity contribution in [2.24, 2.45) is 5.73 Å². The SMILES string of the molecule is C=C1CSC/C1=C(\N)N(C)c1ccccc1. The summed E-state index contributed by atoms with van der Waals surface area (Å²) in [5.74, 6) is 2.79. The molecule has 2 rings (SSSR count). The summed E-state index contributed by atoms with van der Waals surface area (Å²) >= 11 is 1.87. The Morgan fingerprint density at radius 2 is 2.00 bits per heavy atom. The van der Waals surface area contributed by atoms with E-state index >= 15 is 0 Å². The summed E-state index contributed by atoms with van der Waals surface area (Å²) in [5, 5.41) is 0. The normalized spacial score (nSPS) is 18.7. The number of benzene rings is 1. The van der Waals surface area contributed by atoms with Gasteiger partial charge in [-0.15, -0.1) is 0 Å². The maximum atomic E-state index is 6.18. The number of nitrogens with two attached hydrogens (primary N) is 1. The molecule has 0 spiro atoms. The smallest absolute Gasteiger partial charge is 0.107 e. The van der Waals surface area contributed by atoms with Crippen LogP contribution in [-0.4, -0.2) is 18.6 Å². The van der Waals surface area contributed by atoms with Crippen LogP contribution in [0, 0.1) is 0 Å². The van der Waals surface area contributed by atoms with Crippen LogP contribution in [0.4, 0.5) is 5.69 Å². The molecule has 1 aromatic carbocycles. The second-order valence-electron chi connectivity index (χ2n) is 3.85. The topological polar surface area (TPSA) is 29.3 Å². The molecule has 0 unspecified atom stereocenters. The highest BCUT2D eigenvalue weighted by Crippen LogP contribution is 2.30. The predicted molar refractivity (Wildman–Crippen MR) is 72.5 cm³/mol. The molecular formula is C13H16N2S. The number of nitrogens with zero attached hydrogens (tertiary/aromatic N) is 1. The molecule has 0 radical (unpaired) electrons. The lowest BCUT2D eigenvalue weighted by Crippen LogP contribution is -2.25. The van der Waals surface area contributed by atoms with Crippen LogP contribution in [0.3, 0.4) is 0 Å². The standard InChI is InChI=1S/C13H16N2S/c1-10-8-16-9-12(10)13(14)15(2)11-6-4-3-5-7-11/h3-7H,1,8-9,14H2,2H3/b13-12-. The number of hydrogen-bond acceptors (Lipinski definition) is 3. The van der Waals surface area contributed by atoms with Crippen molar-refractivity contribution >= 4 is 17.4 Å². The second-order valence-corrected chi connectivity index (χ2v) is 4.84. The lowest BCUT2D eigenvalue weighted by Gasteiger charge is -2.21. The van der Waals surface area contributed by atoms with Gasteiger partial charge in [0.2, 0.25) is 0 Å². The van der Waals surface area contributed by atoms with Gasteiger partial charge in [-0.3, -0.25) is 0 Å². The fraction of sp³-hybridized carbons (Fsp3) is 0.231. The maximum absolute atomic E-state index is 6.18. The molecule has 2 N–H and O–H groups in total. The molecule has 0 atom stereocenters. The highest BCUT2D eigenvalue weighted by molar-refractivity contribution is 8.00. The van der Waals surface area contributed by atoms with Gasteiger partial charge in [0.1, 0.15) is 5.82 Å². The Morgan fingerprint density at radius 3 is 2.56 bits per heavy atom. The lowest BCUT2D eigenvalue weighted by atomic mass is 10.1. The third-order valence-corrected chi connectivity index (χ3v) is 3.81. The van der Waals surface area contributed by atoms with E-state index in [9.17, 15) is 0 Å². The first kappa shape index (κ1) is 11.1. The Bertz CT molecular complexity index is 423. The molecule has 1 aliphatic rings. The quantitative estimate of drug-likeness (QED) is 0.850. The number of para-hydroxylation sites is 1. The van der Waals surface area contributed by atoms with Crippen molar-refractivity contribution in [3.8, 4) is 0 Å². The van der Waals surface area contributed by atoms with Gasteiger partial charge in [-0.2, -0.15) is 11.8 Å². The number of hydrogen-bond donors (Lipinski definition) is 1. The van der Waals surface area contributed by atoms with Gasteiger partial charge >= 0.3 is 0 Å². The average Bonchev–Trinajstić information content (AvgIpc) is 2.75. The number of anilines is 1. The zero-order valence-electron chi connectivity index (χ0n) is 9.44. The van der Waals surface area contributed by atoms with Crippen molar-refractivity contribution in [1.29, 1.82) is 0 Å².